The van der Waals surface area contributed by atoms with Gasteiger partial charge in [0.05, 0.1) is 18.8 Å². The molecule has 0 saturated carbocycles. The zero-order valence-corrected chi connectivity index (χ0v) is 23.7. The second kappa shape index (κ2) is 12.3. The van der Waals surface area contributed by atoms with Crippen molar-refractivity contribution < 1.29 is 36.7 Å². The molecule has 1 N–H and O–H groups in total. The van der Waals surface area contributed by atoms with E-state index in [1.807, 2.05) is 0 Å². The van der Waals surface area contributed by atoms with Gasteiger partial charge in [-0.15, -0.1) is 0 Å². The summed E-state index contributed by atoms with van der Waals surface area (Å²) in [4.78, 5) is 41.9. The fourth-order valence-corrected chi connectivity index (χ4v) is 6.60. The number of carbonyl (C=O) groups excluding carboxylic acids is 3. The van der Waals surface area contributed by atoms with Crippen molar-refractivity contribution >= 4 is 27.7 Å². The molecule has 12 heteroatoms. The van der Waals surface area contributed by atoms with Crippen molar-refractivity contribution in [2.45, 2.75) is 36.4 Å². The Kier molecular flexibility index (Phi) is 8.55. The average molecular weight is 596 g/mol. The maximum Gasteiger partial charge on any atom is 0.269 e. The number of fused-ring (bicyclic) bond motifs is 1. The van der Waals surface area contributed by atoms with Crippen LogP contribution >= 0.6 is 0 Å². The van der Waals surface area contributed by atoms with Crippen molar-refractivity contribution in [3.05, 3.63) is 95.3 Å². The Labute approximate surface area is 243 Å². The number of amides is 3. The van der Waals surface area contributed by atoms with Crippen LogP contribution in [-0.4, -0.2) is 68.3 Å². The Morgan fingerprint density at radius 2 is 1.81 bits per heavy atom. The number of halogens is 1. The number of sulfonamides is 1. The van der Waals surface area contributed by atoms with Crippen LogP contribution in [0, 0.1) is 5.82 Å². The van der Waals surface area contributed by atoms with Crippen LogP contribution in [0.25, 0.3) is 0 Å². The second-order valence-corrected chi connectivity index (χ2v) is 11.8. The van der Waals surface area contributed by atoms with E-state index in [1.54, 1.807) is 24.3 Å². The van der Waals surface area contributed by atoms with Crippen LogP contribution in [0.5, 0.6) is 5.75 Å². The van der Waals surface area contributed by atoms with Crippen LogP contribution in [0.3, 0.4) is 0 Å². The first kappa shape index (κ1) is 29.2. The summed E-state index contributed by atoms with van der Waals surface area (Å²) >= 11 is 0. The maximum atomic E-state index is 14.0. The standard InChI is InChI=1S/C30H30FN3O7S/c1-40-23-14-8-20(9-15-23)18-33(27(35)19-34-30(37)25-6-2-3-7-26(25)42(34,38)39)28(21-10-12-22(31)13-11-21)29(36)32-17-24-5-4-16-41-24/h2-3,6-15,24,28H,4-5,16-19H2,1H3,(H,32,36)/t24-,28+/m0/s1. The molecule has 5 rings (SSSR count). The third-order valence-electron chi connectivity index (χ3n) is 7.30. The third kappa shape index (κ3) is 6.00. The molecule has 2 atom stereocenters. The molecule has 42 heavy (non-hydrogen) atoms. The van der Waals surface area contributed by atoms with Gasteiger partial charge in [-0.3, -0.25) is 14.4 Å². The molecule has 1 saturated heterocycles. The van der Waals surface area contributed by atoms with Crippen LogP contribution in [0.1, 0.15) is 40.4 Å². The van der Waals surface area contributed by atoms with E-state index in [0.717, 1.165) is 12.8 Å². The smallest absolute Gasteiger partial charge is 0.269 e. The summed E-state index contributed by atoms with van der Waals surface area (Å²) in [6.45, 7) is -0.157. The molecule has 3 aromatic rings. The highest BCUT2D eigenvalue weighted by Crippen LogP contribution is 2.31. The molecule has 0 unspecified atom stereocenters. The Bertz CT molecular complexity index is 1570. The number of methoxy groups -OCH3 is 1. The highest BCUT2D eigenvalue weighted by atomic mass is 32.2. The van der Waals surface area contributed by atoms with Gasteiger partial charge in [0.15, 0.2) is 0 Å². The molecule has 0 aromatic heterocycles. The van der Waals surface area contributed by atoms with E-state index in [9.17, 15) is 27.2 Å². The summed E-state index contributed by atoms with van der Waals surface area (Å²) in [5, 5.41) is 2.84. The minimum Gasteiger partial charge on any atom is -0.497 e. The fourth-order valence-electron chi connectivity index (χ4n) is 5.09. The number of hydrogen-bond donors (Lipinski definition) is 1. The fraction of sp³-hybridized carbons (Fsp3) is 0.300. The number of benzene rings is 3. The predicted molar refractivity (Wildman–Crippen MR) is 149 cm³/mol. The van der Waals surface area contributed by atoms with E-state index in [2.05, 4.69) is 5.32 Å². The summed E-state index contributed by atoms with van der Waals surface area (Å²) in [6.07, 6.45) is 1.45. The largest absolute Gasteiger partial charge is 0.497 e. The molecule has 0 radical (unpaired) electrons. The summed E-state index contributed by atoms with van der Waals surface area (Å²) in [5.41, 5.74) is 0.889. The number of hydrogen-bond acceptors (Lipinski definition) is 7. The molecule has 0 bridgehead atoms. The monoisotopic (exact) mass is 595 g/mol. The van der Waals surface area contributed by atoms with Gasteiger partial charge in [-0.2, -0.15) is 0 Å². The Morgan fingerprint density at radius 1 is 1.10 bits per heavy atom. The first-order chi connectivity index (χ1) is 20.2. The summed E-state index contributed by atoms with van der Waals surface area (Å²) in [7, 11) is -2.78. The molecule has 2 aliphatic rings. The molecule has 3 amide bonds. The second-order valence-electron chi connectivity index (χ2n) is 10.0. The average Bonchev–Trinajstić information content (AvgIpc) is 3.58. The van der Waals surface area contributed by atoms with Crippen LogP contribution < -0.4 is 10.1 Å². The number of rotatable bonds is 10. The van der Waals surface area contributed by atoms with Crippen molar-refractivity contribution in [2.75, 3.05) is 26.8 Å². The van der Waals surface area contributed by atoms with Crippen LogP contribution in [0.4, 0.5) is 4.39 Å². The molecule has 10 nitrogen and oxygen atoms in total. The molecular formula is C30H30FN3O7S. The van der Waals surface area contributed by atoms with E-state index in [1.165, 1.54) is 60.5 Å². The van der Waals surface area contributed by atoms with E-state index >= 15 is 0 Å². The lowest BCUT2D eigenvalue weighted by Crippen LogP contribution is -2.48. The van der Waals surface area contributed by atoms with Gasteiger partial charge >= 0.3 is 0 Å². The van der Waals surface area contributed by atoms with Crippen molar-refractivity contribution in [3.8, 4) is 5.75 Å². The first-order valence-electron chi connectivity index (χ1n) is 13.4. The normalized spacial score (nSPS) is 17.9. The first-order valence-corrected chi connectivity index (χ1v) is 14.9. The molecular weight excluding hydrogens is 565 g/mol. The quantitative estimate of drug-likeness (QED) is 0.382. The number of nitrogens with zero attached hydrogens (tertiary/aromatic N) is 2. The van der Waals surface area contributed by atoms with E-state index < -0.39 is 46.1 Å². The van der Waals surface area contributed by atoms with E-state index in [4.69, 9.17) is 9.47 Å². The van der Waals surface area contributed by atoms with E-state index in [0.29, 0.717) is 27.8 Å². The predicted octanol–water partition coefficient (Wildman–Crippen LogP) is 3.04. The number of carbonyl (C=O) groups is 3. The molecule has 1 fully saturated rings. The highest BCUT2D eigenvalue weighted by molar-refractivity contribution is 7.90. The van der Waals surface area contributed by atoms with Gasteiger partial charge in [-0.1, -0.05) is 36.4 Å². The van der Waals surface area contributed by atoms with Gasteiger partial charge in [-0.05, 0) is 60.4 Å². The summed E-state index contributed by atoms with van der Waals surface area (Å²) in [6, 6.07) is 16.4. The van der Waals surface area contributed by atoms with Crippen molar-refractivity contribution in [2.24, 2.45) is 0 Å². The van der Waals surface area contributed by atoms with Gasteiger partial charge < -0.3 is 19.7 Å². The summed E-state index contributed by atoms with van der Waals surface area (Å²) < 4.78 is 51.7. The molecule has 3 aromatic carbocycles. The van der Waals surface area contributed by atoms with Crippen LogP contribution in [0.2, 0.25) is 0 Å². The molecule has 0 spiro atoms. The van der Waals surface area contributed by atoms with Gasteiger partial charge in [0.1, 0.15) is 29.0 Å². The Hall–Kier alpha value is -4.29. The third-order valence-corrected chi connectivity index (χ3v) is 9.08. The highest BCUT2D eigenvalue weighted by Gasteiger charge is 2.43. The van der Waals surface area contributed by atoms with Gasteiger partial charge in [0.25, 0.3) is 15.9 Å². The lowest BCUT2D eigenvalue weighted by Gasteiger charge is -2.33. The summed E-state index contributed by atoms with van der Waals surface area (Å²) in [5.74, 6) is -2.14. The minimum absolute atomic E-state index is 0.0311. The zero-order chi connectivity index (χ0) is 29.9. The zero-order valence-electron chi connectivity index (χ0n) is 22.9. The van der Waals surface area contributed by atoms with Gasteiger partial charge in [0.2, 0.25) is 11.8 Å². The SMILES string of the molecule is COc1ccc(CN(C(=O)CN2C(=O)c3ccccc3S2(=O)=O)[C@@H](C(=O)NC[C@@H]2CCCO2)c2ccc(F)cc2)cc1. The van der Waals surface area contributed by atoms with Crippen molar-refractivity contribution in [1.29, 1.82) is 0 Å². The topological polar surface area (TPSA) is 122 Å². The van der Waals surface area contributed by atoms with Crippen molar-refractivity contribution in [3.63, 3.8) is 0 Å². The number of nitrogens with one attached hydrogen (secondary N) is 1. The van der Waals surface area contributed by atoms with E-state index in [-0.39, 0.29) is 29.7 Å². The maximum absolute atomic E-state index is 14.0. The molecule has 0 aliphatic carbocycles. The molecule has 2 aliphatic heterocycles. The van der Waals surface area contributed by atoms with Gasteiger partial charge in [0, 0.05) is 19.7 Å². The minimum atomic E-state index is -4.29. The van der Waals surface area contributed by atoms with Crippen molar-refractivity contribution in [1.82, 2.24) is 14.5 Å². The Morgan fingerprint density at radius 3 is 2.45 bits per heavy atom. The Balaban J connectivity index is 1.50. The molecule has 2 heterocycles. The van der Waals surface area contributed by atoms with Gasteiger partial charge in [-0.25, -0.2) is 17.1 Å². The lowest BCUT2D eigenvalue weighted by molar-refractivity contribution is -0.141. The van der Waals surface area contributed by atoms with Crippen LogP contribution in [0.15, 0.2) is 77.7 Å². The van der Waals surface area contributed by atoms with Crippen LogP contribution in [-0.2, 0) is 30.9 Å². The lowest BCUT2D eigenvalue weighted by atomic mass is 10.0. The molecule has 220 valence electrons. The number of ether oxygens (including phenoxy) is 2.